The summed E-state index contributed by atoms with van der Waals surface area (Å²) >= 11 is 4.52. The summed E-state index contributed by atoms with van der Waals surface area (Å²) in [5.41, 5.74) is 1.68. The van der Waals surface area contributed by atoms with Gasteiger partial charge in [-0.15, -0.1) is 0 Å². The highest BCUT2D eigenvalue weighted by Crippen LogP contribution is 2.23. The van der Waals surface area contributed by atoms with Gasteiger partial charge >= 0.3 is 0 Å². The number of thiocarbonyl (C=S) groups is 1. The first kappa shape index (κ1) is 8.81. The molecule has 0 bridgehead atoms. The van der Waals surface area contributed by atoms with E-state index in [4.69, 9.17) is 4.42 Å². The fourth-order valence-electron chi connectivity index (χ4n) is 1.14. The number of oxazole rings is 1. The Morgan fingerprint density at radius 3 is 3.07 bits per heavy atom. The van der Waals surface area contributed by atoms with Crippen LogP contribution in [0.3, 0.4) is 0 Å². The SMILES string of the molecule is S=C=Nc1cccc(-c2cnco2)c1. The average Bonchev–Trinajstić information content (AvgIpc) is 2.71. The molecule has 0 saturated carbocycles. The Labute approximate surface area is 86.1 Å². The van der Waals surface area contributed by atoms with Crippen LogP contribution in [0.25, 0.3) is 11.3 Å². The number of nitrogens with zero attached hydrogens (tertiary/aromatic N) is 2. The van der Waals surface area contributed by atoms with Gasteiger partial charge in [0, 0.05) is 5.56 Å². The molecule has 0 radical (unpaired) electrons. The maximum atomic E-state index is 5.15. The molecule has 4 heteroatoms. The Balaban J connectivity index is 2.45. The van der Waals surface area contributed by atoms with E-state index in [9.17, 15) is 0 Å². The molecule has 0 N–H and O–H groups in total. The van der Waals surface area contributed by atoms with Crippen LogP contribution in [0.2, 0.25) is 0 Å². The summed E-state index contributed by atoms with van der Waals surface area (Å²) in [6.07, 6.45) is 3.05. The van der Waals surface area contributed by atoms with Crippen LogP contribution >= 0.6 is 12.2 Å². The maximum absolute atomic E-state index is 5.15. The van der Waals surface area contributed by atoms with Gasteiger partial charge in [0.1, 0.15) is 0 Å². The van der Waals surface area contributed by atoms with Crippen molar-refractivity contribution in [2.45, 2.75) is 0 Å². The molecule has 68 valence electrons. The van der Waals surface area contributed by atoms with Crippen molar-refractivity contribution in [1.29, 1.82) is 0 Å². The van der Waals surface area contributed by atoms with Gasteiger partial charge in [-0.05, 0) is 24.4 Å². The van der Waals surface area contributed by atoms with Crippen molar-refractivity contribution < 1.29 is 4.42 Å². The van der Waals surface area contributed by atoms with Gasteiger partial charge < -0.3 is 4.42 Å². The Hall–Kier alpha value is -1.77. The van der Waals surface area contributed by atoms with Crippen LogP contribution in [-0.4, -0.2) is 10.1 Å². The summed E-state index contributed by atoms with van der Waals surface area (Å²) in [4.78, 5) is 7.72. The lowest BCUT2D eigenvalue weighted by atomic mass is 10.2. The second-order valence-electron chi connectivity index (χ2n) is 2.62. The lowest BCUT2D eigenvalue weighted by molar-refractivity contribution is 0.572. The first-order valence-electron chi connectivity index (χ1n) is 3.97. The highest BCUT2D eigenvalue weighted by molar-refractivity contribution is 7.78. The minimum Gasteiger partial charge on any atom is -0.444 e. The highest BCUT2D eigenvalue weighted by Gasteiger charge is 2.00. The van der Waals surface area contributed by atoms with Gasteiger partial charge in [0.2, 0.25) is 0 Å². The first-order chi connectivity index (χ1) is 6.90. The third-order valence-corrected chi connectivity index (χ3v) is 1.83. The average molecular weight is 202 g/mol. The second-order valence-corrected chi connectivity index (χ2v) is 2.80. The summed E-state index contributed by atoms with van der Waals surface area (Å²) < 4.78 is 5.15. The second kappa shape index (κ2) is 3.96. The molecule has 2 rings (SSSR count). The van der Waals surface area contributed by atoms with Gasteiger partial charge in [0.15, 0.2) is 12.2 Å². The molecular formula is C10H6N2OS. The zero-order valence-corrected chi connectivity index (χ0v) is 7.99. The topological polar surface area (TPSA) is 38.4 Å². The number of isothiocyanates is 1. The number of benzene rings is 1. The molecule has 0 fully saturated rings. The van der Waals surface area contributed by atoms with Crippen molar-refractivity contribution in [3.05, 3.63) is 36.9 Å². The standard InChI is InChI=1S/C10H6N2OS/c14-7-12-9-3-1-2-8(4-9)10-5-11-6-13-10/h1-6H. The maximum Gasteiger partial charge on any atom is 0.181 e. The molecule has 0 atom stereocenters. The van der Waals surface area contributed by atoms with Gasteiger partial charge in [0.25, 0.3) is 0 Å². The van der Waals surface area contributed by atoms with Gasteiger partial charge in [0.05, 0.1) is 17.0 Å². The van der Waals surface area contributed by atoms with Crippen LogP contribution < -0.4 is 0 Å². The van der Waals surface area contributed by atoms with E-state index in [1.807, 2.05) is 24.3 Å². The number of hydrogen-bond donors (Lipinski definition) is 0. The molecule has 0 aliphatic heterocycles. The van der Waals surface area contributed by atoms with Crippen molar-refractivity contribution in [2.24, 2.45) is 4.99 Å². The van der Waals surface area contributed by atoms with Crippen molar-refractivity contribution >= 4 is 23.1 Å². The lowest BCUT2D eigenvalue weighted by Gasteiger charge is -1.95. The molecular weight excluding hydrogens is 196 g/mol. The molecule has 0 amide bonds. The van der Waals surface area contributed by atoms with E-state index in [2.05, 4.69) is 27.4 Å². The molecule has 0 unspecified atom stereocenters. The molecule has 2 aromatic rings. The highest BCUT2D eigenvalue weighted by atomic mass is 32.1. The Bertz CT molecular complexity index is 473. The third-order valence-electron chi connectivity index (χ3n) is 1.74. The van der Waals surface area contributed by atoms with Gasteiger partial charge in [-0.3, -0.25) is 0 Å². The van der Waals surface area contributed by atoms with Crippen LogP contribution in [0.1, 0.15) is 0 Å². The smallest absolute Gasteiger partial charge is 0.181 e. The number of aromatic nitrogens is 1. The zero-order chi connectivity index (χ0) is 9.80. The van der Waals surface area contributed by atoms with E-state index in [1.54, 1.807) is 6.20 Å². The fourth-order valence-corrected chi connectivity index (χ4v) is 1.25. The van der Waals surface area contributed by atoms with Crippen molar-refractivity contribution in [3.8, 4) is 11.3 Å². The summed E-state index contributed by atoms with van der Waals surface area (Å²) in [5, 5.41) is 2.32. The van der Waals surface area contributed by atoms with Crippen molar-refractivity contribution in [1.82, 2.24) is 4.98 Å². The van der Waals surface area contributed by atoms with Crippen LogP contribution in [0, 0.1) is 0 Å². The van der Waals surface area contributed by atoms with Gasteiger partial charge in [-0.2, -0.15) is 4.99 Å². The largest absolute Gasteiger partial charge is 0.444 e. The first-order valence-corrected chi connectivity index (χ1v) is 4.38. The van der Waals surface area contributed by atoms with E-state index >= 15 is 0 Å². The molecule has 0 spiro atoms. The predicted molar refractivity (Wildman–Crippen MR) is 56.6 cm³/mol. The molecule has 1 heterocycles. The molecule has 1 aromatic heterocycles. The molecule has 0 aliphatic carbocycles. The molecule has 1 aromatic carbocycles. The fraction of sp³-hybridized carbons (Fsp3) is 0. The lowest BCUT2D eigenvalue weighted by Crippen LogP contribution is -1.72. The molecule has 14 heavy (non-hydrogen) atoms. The normalized spacial score (nSPS) is 9.43. The molecule has 0 saturated heterocycles. The van der Waals surface area contributed by atoms with E-state index in [0.29, 0.717) is 5.76 Å². The quantitative estimate of drug-likeness (QED) is 0.555. The van der Waals surface area contributed by atoms with E-state index < -0.39 is 0 Å². The minimum absolute atomic E-state index is 0.714. The third kappa shape index (κ3) is 1.76. The number of hydrogen-bond acceptors (Lipinski definition) is 4. The van der Waals surface area contributed by atoms with Crippen LogP contribution in [-0.2, 0) is 0 Å². The van der Waals surface area contributed by atoms with Gasteiger partial charge in [-0.25, -0.2) is 4.98 Å². The van der Waals surface area contributed by atoms with E-state index in [-0.39, 0.29) is 0 Å². The summed E-state index contributed by atoms with van der Waals surface area (Å²) in [7, 11) is 0. The number of rotatable bonds is 2. The molecule has 3 nitrogen and oxygen atoms in total. The Morgan fingerprint density at radius 1 is 1.43 bits per heavy atom. The summed E-state index contributed by atoms with van der Waals surface area (Å²) in [6.45, 7) is 0. The molecule has 0 aliphatic rings. The number of aliphatic imine (C=N–C) groups is 1. The van der Waals surface area contributed by atoms with Gasteiger partial charge in [-0.1, -0.05) is 12.1 Å². The van der Waals surface area contributed by atoms with E-state index in [1.165, 1.54) is 6.39 Å². The van der Waals surface area contributed by atoms with Crippen LogP contribution in [0.4, 0.5) is 5.69 Å². The van der Waals surface area contributed by atoms with Crippen molar-refractivity contribution in [2.75, 3.05) is 0 Å². The van der Waals surface area contributed by atoms with Crippen molar-refractivity contribution in [3.63, 3.8) is 0 Å². The predicted octanol–water partition coefficient (Wildman–Crippen LogP) is 3.08. The Morgan fingerprint density at radius 2 is 2.36 bits per heavy atom. The minimum atomic E-state index is 0.714. The van der Waals surface area contributed by atoms with Crippen LogP contribution in [0.5, 0.6) is 0 Å². The monoisotopic (exact) mass is 202 g/mol. The van der Waals surface area contributed by atoms with Crippen LogP contribution in [0.15, 0.2) is 46.3 Å². The Kier molecular flexibility index (Phi) is 2.49. The summed E-state index contributed by atoms with van der Waals surface area (Å²) in [5.74, 6) is 0.714. The van der Waals surface area contributed by atoms with E-state index in [0.717, 1.165) is 11.3 Å². The zero-order valence-electron chi connectivity index (χ0n) is 7.18. The summed E-state index contributed by atoms with van der Waals surface area (Å²) in [6, 6.07) is 7.51.